The number of rotatable bonds is 0. The summed E-state index contributed by atoms with van der Waals surface area (Å²) < 4.78 is 5.35. The minimum atomic E-state index is -0.390. The normalized spacial score (nSPS) is 29.8. The average Bonchev–Trinajstić information content (AvgIpc) is 2.57. The second-order valence-corrected chi connectivity index (χ2v) is 4.98. The van der Waals surface area contributed by atoms with Crippen LogP contribution in [0.3, 0.4) is 0 Å². The highest BCUT2D eigenvalue weighted by Gasteiger charge is 2.40. The largest absolute Gasteiger partial charge is 0.444 e. The summed E-state index contributed by atoms with van der Waals surface area (Å²) in [5.74, 6) is 0. The topological polar surface area (TPSA) is 29.5 Å². The third-order valence-corrected chi connectivity index (χ3v) is 2.63. The van der Waals surface area contributed by atoms with Crippen LogP contribution in [0.1, 0.15) is 33.6 Å². The monoisotopic (exact) mass is 195 g/mol. The smallest absolute Gasteiger partial charge is 0.411 e. The lowest BCUT2D eigenvalue weighted by molar-refractivity contribution is 0.0232. The Morgan fingerprint density at radius 2 is 1.79 bits per heavy atom. The molecule has 0 aromatic rings. The standard InChI is InChI=1S/C11H17NO2/c1-11(2,3)14-10(13)12-8-4-5-9(12)7-6-8/h4-5,8-9H,6-7H2,1-3H3. The molecule has 0 N–H and O–H groups in total. The number of amides is 1. The van der Waals surface area contributed by atoms with E-state index in [1.165, 1.54) is 0 Å². The first-order valence-electron chi connectivity index (χ1n) is 5.17. The van der Waals surface area contributed by atoms with E-state index in [1.807, 2.05) is 25.7 Å². The molecule has 0 aromatic heterocycles. The summed E-state index contributed by atoms with van der Waals surface area (Å²) in [5, 5.41) is 0. The molecule has 0 saturated carbocycles. The van der Waals surface area contributed by atoms with Gasteiger partial charge in [0.15, 0.2) is 0 Å². The molecule has 2 aliphatic heterocycles. The molecule has 1 fully saturated rings. The number of carbonyl (C=O) groups excluding carboxylic acids is 1. The van der Waals surface area contributed by atoms with Crippen molar-refractivity contribution in [1.29, 1.82) is 0 Å². The van der Waals surface area contributed by atoms with Gasteiger partial charge < -0.3 is 4.74 Å². The fraction of sp³-hybridized carbons (Fsp3) is 0.727. The zero-order chi connectivity index (χ0) is 10.3. The van der Waals surface area contributed by atoms with E-state index in [9.17, 15) is 4.79 Å². The maximum Gasteiger partial charge on any atom is 0.411 e. The average molecular weight is 195 g/mol. The second kappa shape index (κ2) is 3.01. The highest BCUT2D eigenvalue weighted by Crippen LogP contribution is 2.32. The van der Waals surface area contributed by atoms with E-state index in [2.05, 4.69) is 12.2 Å². The predicted octanol–water partition coefficient (Wildman–Crippen LogP) is 2.32. The molecule has 1 saturated heterocycles. The van der Waals surface area contributed by atoms with Gasteiger partial charge in [-0.2, -0.15) is 0 Å². The molecule has 2 atom stereocenters. The summed E-state index contributed by atoms with van der Waals surface area (Å²) in [5.41, 5.74) is -0.390. The molecule has 0 aliphatic carbocycles. The van der Waals surface area contributed by atoms with Crippen LogP contribution in [-0.4, -0.2) is 28.7 Å². The van der Waals surface area contributed by atoms with Crippen LogP contribution >= 0.6 is 0 Å². The fourth-order valence-corrected chi connectivity index (χ4v) is 2.09. The van der Waals surface area contributed by atoms with Crippen molar-refractivity contribution in [3.63, 3.8) is 0 Å². The molecule has 3 heteroatoms. The van der Waals surface area contributed by atoms with E-state index in [0.29, 0.717) is 0 Å². The lowest BCUT2D eigenvalue weighted by atomic mass is 10.1. The Kier molecular flexibility index (Phi) is 2.05. The minimum Gasteiger partial charge on any atom is -0.444 e. The van der Waals surface area contributed by atoms with Crippen molar-refractivity contribution in [1.82, 2.24) is 4.90 Å². The highest BCUT2D eigenvalue weighted by atomic mass is 16.6. The Hall–Kier alpha value is -0.990. The molecular weight excluding hydrogens is 178 g/mol. The first kappa shape index (κ1) is 9.56. The molecule has 1 amide bonds. The van der Waals surface area contributed by atoms with Crippen molar-refractivity contribution < 1.29 is 9.53 Å². The van der Waals surface area contributed by atoms with Gasteiger partial charge in [0.1, 0.15) is 5.60 Å². The van der Waals surface area contributed by atoms with Crippen molar-refractivity contribution >= 4 is 6.09 Å². The van der Waals surface area contributed by atoms with Gasteiger partial charge in [0.05, 0.1) is 12.1 Å². The van der Waals surface area contributed by atoms with Gasteiger partial charge in [-0.05, 0) is 33.6 Å². The van der Waals surface area contributed by atoms with Gasteiger partial charge in [0.25, 0.3) is 0 Å². The van der Waals surface area contributed by atoms with Crippen molar-refractivity contribution in [2.24, 2.45) is 0 Å². The maximum atomic E-state index is 11.8. The molecule has 78 valence electrons. The van der Waals surface area contributed by atoms with Gasteiger partial charge in [-0.3, -0.25) is 4.90 Å². The molecule has 2 unspecified atom stereocenters. The van der Waals surface area contributed by atoms with E-state index in [-0.39, 0.29) is 23.8 Å². The van der Waals surface area contributed by atoms with Gasteiger partial charge in [-0.1, -0.05) is 12.2 Å². The molecule has 2 bridgehead atoms. The molecule has 2 heterocycles. The summed E-state index contributed by atoms with van der Waals surface area (Å²) in [4.78, 5) is 13.6. The summed E-state index contributed by atoms with van der Waals surface area (Å²) in [6.07, 6.45) is 6.21. The lowest BCUT2D eigenvalue weighted by Gasteiger charge is -2.27. The van der Waals surface area contributed by atoms with Crippen molar-refractivity contribution in [3.8, 4) is 0 Å². The van der Waals surface area contributed by atoms with Crippen LogP contribution in [0.4, 0.5) is 4.79 Å². The van der Waals surface area contributed by atoms with E-state index in [0.717, 1.165) is 12.8 Å². The first-order chi connectivity index (χ1) is 6.47. The maximum absolute atomic E-state index is 11.8. The molecular formula is C11H17NO2. The van der Waals surface area contributed by atoms with Crippen LogP contribution in [-0.2, 0) is 4.74 Å². The number of hydrogen-bond donors (Lipinski definition) is 0. The summed E-state index contributed by atoms with van der Waals surface area (Å²) >= 11 is 0. The number of carbonyl (C=O) groups is 1. The third kappa shape index (κ3) is 1.63. The fourth-order valence-electron chi connectivity index (χ4n) is 2.09. The zero-order valence-corrected chi connectivity index (χ0v) is 8.99. The van der Waals surface area contributed by atoms with Gasteiger partial charge in [0, 0.05) is 0 Å². The van der Waals surface area contributed by atoms with Crippen LogP contribution < -0.4 is 0 Å². The zero-order valence-electron chi connectivity index (χ0n) is 8.99. The first-order valence-corrected chi connectivity index (χ1v) is 5.17. The second-order valence-electron chi connectivity index (χ2n) is 4.98. The van der Waals surface area contributed by atoms with Gasteiger partial charge in [0.2, 0.25) is 0 Å². The highest BCUT2D eigenvalue weighted by molar-refractivity contribution is 5.71. The lowest BCUT2D eigenvalue weighted by Crippen LogP contribution is -2.40. The molecule has 0 spiro atoms. The summed E-state index contributed by atoms with van der Waals surface area (Å²) in [6.45, 7) is 5.70. The van der Waals surface area contributed by atoms with Crippen LogP contribution in [0.5, 0.6) is 0 Å². The number of nitrogens with zero attached hydrogens (tertiary/aromatic N) is 1. The van der Waals surface area contributed by atoms with Gasteiger partial charge in [-0.15, -0.1) is 0 Å². The van der Waals surface area contributed by atoms with E-state index in [1.54, 1.807) is 0 Å². The van der Waals surface area contributed by atoms with Crippen LogP contribution in [0.2, 0.25) is 0 Å². The Bertz CT molecular complexity index is 264. The van der Waals surface area contributed by atoms with E-state index >= 15 is 0 Å². The SMILES string of the molecule is CC(C)(C)OC(=O)N1C2C=CC1CC2. The predicted molar refractivity (Wildman–Crippen MR) is 54.0 cm³/mol. The van der Waals surface area contributed by atoms with Crippen molar-refractivity contribution in [2.75, 3.05) is 0 Å². The molecule has 0 aromatic carbocycles. The molecule has 2 aliphatic rings. The molecule has 0 radical (unpaired) electrons. The Morgan fingerprint density at radius 1 is 1.29 bits per heavy atom. The Morgan fingerprint density at radius 3 is 2.14 bits per heavy atom. The number of ether oxygens (including phenoxy) is 1. The van der Waals surface area contributed by atoms with Crippen molar-refractivity contribution in [3.05, 3.63) is 12.2 Å². The minimum absolute atomic E-state index is 0.171. The number of hydrogen-bond acceptors (Lipinski definition) is 2. The van der Waals surface area contributed by atoms with Crippen molar-refractivity contribution in [2.45, 2.75) is 51.3 Å². The summed E-state index contributed by atoms with van der Waals surface area (Å²) in [6, 6.07) is 0.574. The van der Waals surface area contributed by atoms with Crippen LogP contribution in [0.25, 0.3) is 0 Å². The van der Waals surface area contributed by atoms with Crippen LogP contribution in [0, 0.1) is 0 Å². The molecule has 14 heavy (non-hydrogen) atoms. The quantitative estimate of drug-likeness (QED) is 0.555. The van der Waals surface area contributed by atoms with Crippen LogP contribution in [0.15, 0.2) is 12.2 Å². The van der Waals surface area contributed by atoms with E-state index < -0.39 is 0 Å². The Balaban J connectivity index is 2.01. The Labute approximate surface area is 84.7 Å². The van der Waals surface area contributed by atoms with Gasteiger partial charge in [-0.25, -0.2) is 4.79 Å². The number of fused-ring (bicyclic) bond motifs is 2. The summed E-state index contributed by atoms with van der Waals surface area (Å²) in [7, 11) is 0. The molecule has 3 nitrogen and oxygen atoms in total. The third-order valence-electron chi connectivity index (χ3n) is 2.63. The van der Waals surface area contributed by atoms with Gasteiger partial charge >= 0.3 is 6.09 Å². The molecule has 2 rings (SSSR count). The van der Waals surface area contributed by atoms with E-state index in [4.69, 9.17) is 4.74 Å².